The van der Waals surface area contributed by atoms with Crippen LogP contribution in [0.5, 0.6) is 0 Å². The van der Waals surface area contributed by atoms with E-state index in [-0.39, 0.29) is 13.2 Å². The minimum absolute atomic E-state index is 0.0325. The summed E-state index contributed by atoms with van der Waals surface area (Å²) in [7, 11) is 0. The fourth-order valence-electron chi connectivity index (χ4n) is 1.22. The molecule has 0 amide bonds. The molecule has 0 heterocycles. The number of carbonyl (C=O) groups is 2. The number of hydrogen-bond acceptors (Lipinski definition) is 4. The number of hydrogen-bond donors (Lipinski definition) is 0. The van der Waals surface area contributed by atoms with Crippen LogP contribution in [0, 0.1) is 6.92 Å². The third-order valence-electron chi connectivity index (χ3n) is 2.56. The van der Waals surface area contributed by atoms with Gasteiger partial charge >= 0.3 is 11.9 Å². The van der Waals surface area contributed by atoms with E-state index in [0.29, 0.717) is 11.1 Å². The van der Waals surface area contributed by atoms with E-state index in [2.05, 4.69) is 60.4 Å². The van der Waals surface area contributed by atoms with Crippen molar-refractivity contribution in [1.29, 1.82) is 0 Å². The largest absolute Gasteiger partial charge is 0.459 e. The summed E-state index contributed by atoms with van der Waals surface area (Å²) < 4.78 is 9.38. The van der Waals surface area contributed by atoms with Gasteiger partial charge in [-0.15, -0.1) is 0 Å². The summed E-state index contributed by atoms with van der Waals surface area (Å²) in [5.41, 5.74) is 3.11. The first kappa shape index (κ1) is 20.4. The van der Waals surface area contributed by atoms with Crippen LogP contribution >= 0.6 is 0 Å². The molecule has 0 unspecified atom stereocenters. The summed E-state index contributed by atoms with van der Waals surface area (Å²) in [5, 5.41) is 0. The second-order valence-electron chi connectivity index (χ2n) is 4.95. The summed E-state index contributed by atoms with van der Waals surface area (Å²) in [5.74, 6) is -0.979. The van der Waals surface area contributed by atoms with Crippen molar-refractivity contribution in [2.24, 2.45) is 0 Å². The average Bonchev–Trinajstić information content (AvgIpc) is 2.52. The van der Waals surface area contributed by atoms with Gasteiger partial charge < -0.3 is 9.47 Å². The van der Waals surface area contributed by atoms with Crippen molar-refractivity contribution in [1.82, 2.24) is 0 Å². The Morgan fingerprint density at radius 1 is 0.957 bits per heavy atom. The number of benzene rings is 1. The molecule has 1 aromatic carbocycles. The van der Waals surface area contributed by atoms with Gasteiger partial charge in [-0.3, -0.25) is 0 Å². The average molecular weight is 316 g/mol. The smallest absolute Gasteiger partial charge is 0.333 e. The Hall–Kier alpha value is -2.62. The Balaban J connectivity index is 0.000000459. The van der Waals surface area contributed by atoms with Gasteiger partial charge in [0.05, 0.1) is 0 Å². The first-order valence-corrected chi connectivity index (χ1v) is 7.12. The normalized spacial score (nSPS) is 9.00. The van der Waals surface area contributed by atoms with Crippen LogP contribution in [0.4, 0.5) is 0 Å². The van der Waals surface area contributed by atoms with Gasteiger partial charge in [-0.05, 0) is 26.3 Å². The van der Waals surface area contributed by atoms with Crippen molar-refractivity contribution in [3.8, 4) is 0 Å². The molecular weight excluding hydrogens is 292 g/mol. The highest BCUT2D eigenvalue weighted by Crippen LogP contribution is 2.02. The predicted octanol–water partition coefficient (Wildman–Crippen LogP) is 3.86. The number of esters is 2. The fourth-order valence-corrected chi connectivity index (χ4v) is 1.22. The minimum atomic E-state index is -0.489. The van der Waals surface area contributed by atoms with E-state index in [1.807, 2.05) is 6.08 Å². The molecule has 0 aromatic heterocycles. The molecule has 4 heteroatoms. The number of rotatable bonds is 6. The van der Waals surface area contributed by atoms with Gasteiger partial charge in [0.15, 0.2) is 0 Å². The zero-order valence-electron chi connectivity index (χ0n) is 14.1. The second kappa shape index (κ2) is 11.0. The topological polar surface area (TPSA) is 52.6 Å². The monoisotopic (exact) mass is 316 g/mol. The van der Waals surface area contributed by atoms with E-state index in [1.165, 1.54) is 11.1 Å². The van der Waals surface area contributed by atoms with Gasteiger partial charge in [0.2, 0.25) is 0 Å². The Morgan fingerprint density at radius 2 is 1.35 bits per heavy atom. The molecule has 0 N–H and O–H groups in total. The van der Waals surface area contributed by atoms with Crippen LogP contribution in [0.2, 0.25) is 0 Å². The van der Waals surface area contributed by atoms with Gasteiger partial charge in [0, 0.05) is 11.1 Å². The van der Waals surface area contributed by atoms with Gasteiger partial charge in [-0.1, -0.05) is 55.6 Å². The van der Waals surface area contributed by atoms with Crippen LogP contribution in [0.3, 0.4) is 0 Å². The van der Waals surface area contributed by atoms with Crippen molar-refractivity contribution < 1.29 is 19.1 Å². The standard InChI is InChI=1S/C10H14O4.C9H10/c1-7(2)9(11)13-5-6-14-10(12)8(3)4;1-3-9-6-4-8(2)5-7-9/h1,3,5-6H2,2,4H3;3-7H,1H2,2H3. The fraction of sp³-hybridized carbons (Fsp3) is 0.263. The summed E-state index contributed by atoms with van der Waals surface area (Å²) in [4.78, 5) is 21.7. The van der Waals surface area contributed by atoms with Crippen molar-refractivity contribution in [2.75, 3.05) is 13.2 Å². The highest BCUT2D eigenvalue weighted by Gasteiger charge is 2.05. The molecule has 0 bridgehead atoms. The molecule has 0 aliphatic carbocycles. The van der Waals surface area contributed by atoms with Crippen molar-refractivity contribution in [2.45, 2.75) is 20.8 Å². The van der Waals surface area contributed by atoms with Gasteiger partial charge in [0.1, 0.15) is 13.2 Å². The number of carbonyl (C=O) groups excluding carboxylic acids is 2. The maximum atomic E-state index is 10.8. The maximum Gasteiger partial charge on any atom is 0.333 e. The summed E-state index contributed by atoms with van der Waals surface area (Å²) >= 11 is 0. The van der Waals surface area contributed by atoms with E-state index in [4.69, 9.17) is 0 Å². The Kier molecular flexibility index (Phi) is 9.76. The Bertz CT molecular complexity index is 540. The molecule has 1 aromatic rings. The highest BCUT2D eigenvalue weighted by molar-refractivity contribution is 5.87. The lowest BCUT2D eigenvalue weighted by molar-refractivity contribution is -0.147. The summed E-state index contributed by atoms with van der Waals surface area (Å²) in [6, 6.07) is 8.28. The van der Waals surface area contributed by atoms with Gasteiger partial charge in [-0.25, -0.2) is 9.59 Å². The molecule has 0 radical (unpaired) electrons. The van der Waals surface area contributed by atoms with Crippen LogP contribution in [-0.2, 0) is 19.1 Å². The Morgan fingerprint density at radius 3 is 1.65 bits per heavy atom. The predicted molar refractivity (Wildman–Crippen MR) is 92.8 cm³/mol. The zero-order valence-corrected chi connectivity index (χ0v) is 14.1. The zero-order chi connectivity index (χ0) is 17.8. The molecule has 4 nitrogen and oxygen atoms in total. The van der Waals surface area contributed by atoms with E-state index in [0.717, 1.165) is 0 Å². The van der Waals surface area contributed by atoms with Crippen LogP contribution in [0.25, 0.3) is 6.08 Å². The summed E-state index contributed by atoms with van der Waals surface area (Å²) in [6.45, 7) is 15.7. The maximum absolute atomic E-state index is 10.8. The second-order valence-corrected chi connectivity index (χ2v) is 4.95. The molecule has 0 fully saturated rings. The molecule has 0 saturated heterocycles. The quantitative estimate of drug-likeness (QED) is 0.454. The van der Waals surface area contributed by atoms with E-state index < -0.39 is 11.9 Å². The first-order valence-electron chi connectivity index (χ1n) is 7.12. The van der Waals surface area contributed by atoms with E-state index in [9.17, 15) is 9.59 Å². The molecule has 1 rings (SSSR count). The van der Waals surface area contributed by atoms with Crippen molar-refractivity contribution in [3.05, 3.63) is 66.3 Å². The molecule has 124 valence electrons. The highest BCUT2D eigenvalue weighted by atomic mass is 16.6. The van der Waals surface area contributed by atoms with Gasteiger partial charge in [-0.2, -0.15) is 0 Å². The first-order chi connectivity index (χ1) is 10.8. The molecule has 23 heavy (non-hydrogen) atoms. The van der Waals surface area contributed by atoms with E-state index in [1.54, 1.807) is 13.8 Å². The minimum Gasteiger partial charge on any atom is -0.459 e. The molecule has 0 aliphatic heterocycles. The van der Waals surface area contributed by atoms with Crippen LogP contribution in [0.1, 0.15) is 25.0 Å². The summed E-state index contributed by atoms with van der Waals surface area (Å²) in [6.07, 6.45) is 1.85. The van der Waals surface area contributed by atoms with Crippen LogP contribution in [0.15, 0.2) is 55.1 Å². The molecule has 0 spiro atoms. The van der Waals surface area contributed by atoms with Crippen LogP contribution in [-0.4, -0.2) is 25.2 Å². The van der Waals surface area contributed by atoms with Crippen molar-refractivity contribution in [3.63, 3.8) is 0 Å². The Labute approximate surface area is 138 Å². The number of aryl methyl sites for hydroxylation is 1. The molecular formula is C19H24O4. The molecule has 0 atom stereocenters. The molecule has 0 aliphatic rings. The lowest BCUT2D eigenvalue weighted by atomic mass is 10.2. The SMILES string of the molecule is C=C(C)C(=O)OCCOC(=O)C(=C)C.C=Cc1ccc(C)cc1. The van der Waals surface area contributed by atoms with E-state index >= 15 is 0 Å². The van der Waals surface area contributed by atoms with Crippen LogP contribution < -0.4 is 0 Å². The van der Waals surface area contributed by atoms with Gasteiger partial charge in [0.25, 0.3) is 0 Å². The third kappa shape index (κ3) is 9.85. The lowest BCUT2D eigenvalue weighted by Gasteiger charge is -2.05. The number of ether oxygens (including phenoxy) is 2. The van der Waals surface area contributed by atoms with Crippen molar-refractivity contribution >= 4 is 18.0 Å². The lowest BCUT2D eigenvalue weighted by Crippen LogP contribution is -2.14. The molecule has 0 saturated carbocycles. The third-order valence-corrected chi connectivity index (χ3v) is 2.56.